The van der Waals surface area contributed by atoms with Crippen LogP contribution in [-0.4, -0.2) is 22.0 Å². The van der Waals surface area contributed by atoms with Crippen LogP contribution >= 0.6 is 0 Å². The van der Waals surface area contributed by atoms with Gasteiger partial charge in [0, 0.05) is 6.54 Å². The van der Waals surface area contributed by atoms with E-state index in [9.17, 15) is 0 Å². The van der Waals surface area contributed by atoms with Crippen molar-refractivity contribution in [3.05, 3.63) is 41.7 Å². The van der Waals surface area contributed by atoms with Crippen molar-refractivity contribution < 1.29 is 0 Å². The maximum atomic E-state index is 4.21. The molecule has 0 aliphatic heterocycles. The molecule has 0 saturated heterocycles. The van der Waals surface area contributed by atoms with Crippen molar-refractivity contribution in [2.24, 2.45) is 0 Å². The monoisotopic (exact) mass is 244 g/mol. The van der Waals surface area contributed by atoms with E-state index in [1.807, 2.05) is 17.8 Å². The number of benzene rings is 1. The summed E-state index contributed by atoms with van der Waals surface area (Å²) < 4.78 is 1.91. The highest BCUT2D eigenvalue weighted by Crippen LogP contribution is 2.28. The van der Waals surface area contributed by atoms with Crippen molar-refractivity contribution in [3.8, 4) is 5.69 Å². The SMILES string of the molecule is CNCc1cnnn1-c1ccccc1C(C)(C)C. The first-order valence-corrected chi connectivity index (χ1v) is 6.18. The third kappa shape index (κ3) is 2.43. The van der Waals surface area contributed by atoms with E-state index in [1.165, 1.54) is 5.56 Å². The Labute approximate surface area is 108 Å². The Morgan fingerprint density at radius 2 is 1.94 bits per heavy atom. The lowest BCUT2D eigenvalue weighted by Crippen LogP contribution is -2.18. The van der Waals surface area contributed by atoms with Crippen LogP contribution in [0.5, 0.6) is 0 Å². The molecular weight excluding hydrogens is 224 g/mol. The standard InChI is InChI=1S/C14H20N4/c1-14(2,3)12-7-5-6-8-13(12)18-11(9-15-4)10-16-17-18/h5-8,10,15H,9H2,1-4H3. The van der Waals surface area contributed by atoms with Gasteiger partial charge in [-0.2, -0.15) is 0 Å². The molecule has 4 nitrogen and oxygen atoms in total. The molecule has 1 aromatic carbocycles. The molecule has 1 heterocycles. The Kier molecular flexibility index (Phi) is 3.48. The van der Waals surface area contributed by atoms with Crippen LogP contribution in [-0.2, 0) is 12.0 Å². The summed E-state index contributed by atoms with van der Waals surface area (Å²) in [6.07, 6.45) is 1.80. The summed E-state index contributed by atoms with van der Waals surface area (Å²) in [5, 5.41) is 11.4. The lowest BCUT2D eigenvalue weighted by molar-refractivity contribution is 0.578. The summed E-state index contributed by atoms with van der Waals surface area (Å²) in [5.41, 5.74) is 3.52. The highest BCUT2D eigenvalue weighted by Gasteiger charge is 2.19. The van der Waals surface area contributed by atoms with Gasteiger partial charge >= 0.3 is 0 Å². The van der Waals surface area contributed by atoms with Crippen LogP contribution in [0, 0.1) is 0 Å². The van der Waals surface area contributed by atoms with Crippen LogP contribution in [0.3, 0.4) is 0 Å². The quantitative estimate of drug-likeness (QED) is 0.900. The van der Waals surface area contributed by atoms with Crippen molar-refractivity contribution >= 4 is 0 Å². The minimum atomic E-state index is 0.0828. The molecule has 0 radical (unpaired) electrons. The van der Waals surface area contributed by atoms with Crippen molar-refractivity contribution in [3.63, 3.8) is 0 Å². The summed E-state index contributed by atoms with van der Waals surface area (Å²) >= 11 is 0. The van der Waals surface area contributed by atoms with Gasteiger partial charge in [0.25, 0.3) is 0 Å². The molecule has 0 atom stereocenters. The van der Waals surface area contributed by atoms with Gasteiger partial charge in [0.1, 0.15) is 0 Å². The molecule has 96 valence electrons. The largest absolute Gasteiger partial charge is 0.314 e. The van der Waals surface area contributed by atoms with Gasteiger partial charge in [0.2, 0.25) is 0 Å². The maximum absolute atomic E-state index is 4.21. The Morgan fingerprint density at radius 3 is 2.61 bits per heavy atom. The van der Waals surface area contributed by atoms with Crippen LogP contribution < -0.4 is 5.32 Å². The Balaban J connectivity index is 2.54. The van der Waals surface area contributed by atoms with E-state index in [-0.39, 0.29) is 5.41 Å². The van der Waals surface area contributed by atoms with E-state index in [0.717, 1.165) is 17.9 Å². The van der Waals surface area contributed by atoms with Crippen molar-refractivity contribution in [2.75, 3.05) is 7.05 Å². The lowest BCUT2D eigenvalue weighted by atomic mass is 9.86. The molecule has 1 aromatic heterocycles. The topological polar surface area (TPSA) is 42.7 Å². The summed E-state index contributed by atoms with van der Waals surface area (Å²) in [5.74, 6) is 0. The van der Waals surface area contributed by atoms with E-state index in [4.69, 9.17) is 0 Å². The average Bonchev–Trinajstić information content (AvgIpc) is 2.77. The number of rotatable bonds is 3. The number of hydrogen-bond donors (Lipinski definition) is 1. The first kappa shape index (κ1) is 12.8. The minimum absolute atomic E-state index is 0.0828. The van der Waals surface area contributed by atoms with E-state index >= 15 is 0 Å². The van der Waals surface area contributed by atoms with Crippen LogP contribution in [0.15, 0.2) is 30.5 Å². The van der Waals surface area contributed by atoms with Crippen molar-refractivity contribution in [2.45, 2.75) is 32.7 Å². The molecule has 1 N–H and O–H groups in total. The molecule has 4 heteroatoms. The molecule has 0 unspecified atom stereocenters. The molecule has 0 saturated carbocycles. The second-order valence-corrected chi connectivity index (χ2v) is 5.43. The molecule has 0 fully saturated rings. The molecule has 0 aliphatic carbocycles. The summed E-state index contributed by atoms with van der Waals surface area (Å²) in [6.45, 7) is 7.38. The third-order valence-electron chi connectivity index (χ3n) is 2.92. The number of para-hydroxylation sites is 1. The number of nitrogens with one attached hydrogen (secondary N) is 1. The molecule has 18 heavy (non-hydrogen) atoms. The summed E-state index contributed by atoms with van der Waals surface area (Å²) in [6, 6.07) is 8.35. The zero-order chi connectivity index (χ0) is 13.2. The van der Waals surface area contributed by atoms with E-state index in [0.29, 0.717) is 0 Å². The van der Waals surface area contributed by atoms with Gasteiger partial charge in [-0.3, -0.25) is 0 Å². The normalized spacial score (nSPS) is 11.8. The molecule has 0 bridgehead atoms. The van der Waals surface area contributed by atoms with Gasteiger partial charge in [-0.05, 0) is 24.1 Å². The molecule has 2 aromatic rings. The minimum Gasteiger partial charge on any atom is -0.314 e. The Morgan fingerprint density at radius 1 is 1.22 bits per heavy atom. The number of aromatic nitrogens is 3. The average molecular weight is 244 g/mol. The van der Waals surface area contributed by atoms with Gasteiger partial charge in [-0.15, -0.1) is 5.10 Å². The number of hydrogen-bond acceptors (Lipinski definition) is 3. The van der Waals surface area contributed by atoms with Crippen molar-refractivity contribution in [1.82, 2.24) is 20.3 Å². The van der Waals surface area contributed by atoms with E-state index < -0.39 is 0 Å². The van der Waals surface area contributed by atoms with Gasteiger partial charge < -0.3 is 5.32 Å². The third-order valence-corrected chi connectivity index (χ3v) is 2.92. The van der Waals surface area contributed by atoms with Crippen LogP contribution in [0.2, 0.25) is 0 Å². The summed E-state index contributed by atoms with van der Waals surface area (Å²) in [7, 11) is 1.92. The lowest BCUT2D eigenvalue weighted by Gasteiger charge is -2.23. The predicted molar refractivity (Wildman–Crippen MR) is 72.8 cm³/mol. The molecule has 2 rings (SSSR count). The van der Waals surface area contributed by atoms with Gasteiger partial charge in [0.05, 0.1) is 17.6 Å². The second-order valence-electron chi connectivity index (χ2n) is 5.43. The fourth-order valence-corrected chi connectivity index (χ4v) is 2.05. The number of nitrogens with zero attached hydrogens (tertiary/aromatic N) is 3. The molecular formula is C14H20N4. The molecule has 0 spiro atoms. The highest BCUT2D eigenvalue weighted by molar-refractivity contribution is 5.45. The molecule has 0 aliphatic rings. The molecule has 0 amide bonds. The van der Waals surface area contributed by atoms with Gasteiger partial charge in [-0.25, -0.2) is 4.68 Å². The first-order chi connectivity index (χ1) is 8.54. The summed E-state index contributed by atoms with van der Waals surface area (Å²) in [4.78, 5) is 0. The second kappa shape index (κ2) is 4.90. The van der Waals surface area contributed by atoms with Gasteiger partial charge in [-0.1, -0.05) is 44.2 Å². The zero-order valence-corrected chi connectivity index (χ0v) is 11.4. The van der Waals surface area contributed by atoms with E-state index in [2.05, 4.69) is 54.6 Å². The fourth-order valence-electron chi connectivity index (χ4n) is 2.05. The Bertz CT molecular complexity index is 523. The highest BCUT2D eigenvalue weighted by atomic mass is 15.4. The first-order valence-electron chi connectivity index (χ1n) is 6.18. The van der Waals surface area contributed by atoms with Crippen LogP contribution in [0.1, 0.15) is 32.0 Å². The van der Waals surface area contributed by atoms with Crippen molar-refractivity contribution in [1.29, 1.82) is 0 Å². The smallest absolute Gasteiger partial charge is 0.0783 e. The fraction of sp³-hybridized carbons (Fsp3) is 0.429. The Hall–Kier alpha value is -1.68. The van der Waals surface area contributed by atoms with Crippen LogP contribution in [0.4, 0.5) is 0 Å². The van der Waals surface area contributed by atoms with Crippen LogP contribution in [0.25, 0.3) is 5.69 Å². The van der Waals surface area contributed by atoms with Gasteiger partial charge in [0.15, 0.2) is 0 Å². The van der Waals surface area contributed by atoms with E-state index in [1.54, 1.807) is 6.20 Å². The predicted octanol–water partition coefficient (Wildman–Crippen LogP) is 2.28. The zero-order valence-electron chi connectivity index (χ0n) is 11.4. The maximum Gasteiger partial charge on any atom is 0.0783 e.